The highest BCUT2D eigenvalue weighted by Gasteiger charge is 2.22. The van der Waals surface area contributed by atoms with Crippen LogP contribution in [0.4, 0.5) is 4.39 Å². The lowest BCUT2D eigenvalue weighted by Crippen LogP contribution is -2.42. The first-order valence-corrected chi connectivity index (χ1v) is 11.1. The van der Waals surface area contributed by atoms with Gasteiger partial charge in [-0.1, -0.05) is 58.7 Å². The average Bonchev–Trinajstić information content (AvgIpc) is 2.76. The van der Waals surface area contributed by atoms with E-state index in [-0.39, 0.29) is 24.4 Å². The summed E-state index contributed by atoms with van der Waals surface area (Å²) >= 11 is 0. The van der Waals surface area contributed by atoms with Gasteiger partial charge in [0.2, 0.25) is 0 Å². The predicted octanol–water partition coefficient (Wildman–Crippen LogP) is 6.03. The molecular weight excluding hydrogens is 377 g/mol. The van der Waals surface area contributed by atoms with Gasteiger partial charge in [0.1, 0.15) is 5.82 Å². The molecule has 5 heteroatoms. The number of rotatable bonds is 13. The highest BCUT2D eigenvalue weighted by Crippen LogP contribution is 2.27. The van der Waals surface area contributed by atoms with Crippen LogP contribution in [-0.4, -0.2) is 29.5 Å². The first-order chi connectivity index (χ1) is 14.4. The predicted molar refractivity (Wildman–Crippen MR) is 128 cm³/mol. The van der Waals surface area contributed by atoms with Crippen molar-refractivity contribution in [2.24, 2.45) is 16.8 Å². The third-order valence-corrected chi connectivity index (χ3v) is 5.21. The molecule has 4 nitrogen and oxygen atoms in total. The minimum Gasteiger partial charge on any atom is -0.390 e. The van der Waals surface area contributed by atoms with E-state index in [0.29, 0.717) is 5.70 Å². The van der Waals surface area contributed by atoms with Gasteiger partial charge in [0, 0.05) is 12.0 Å². The molecule has 1 aromatic rings. The van der Waals surface area contributed by atoms with Gasteiger partial charge in [0.05, 0.1) is 18.0 Å². The van der Waals surface area contributed by atoms with Gasteiger partial charge in [-0.25, -0.2) is 10.2 Å². The molecule has 30 heavy (non-hydrogen) atoms. The minimum atomic E-state index is -0.160. The molecule has 0 aliphatic heterocycles. The maximum atomic E-state index is 12.2. The molecule has 2 atom stereocenters. The van der Waals surface area contributed by atoms with E-state index in [4.69, 9.17) is 5.84 Å². The van der Waals surface area contributed by atoms with E-state index >= 15 is 0 Å². The van der Waals surface area contributed by atoms with Crippen molar-refractivity contribution in [3.63, 3.8) is 0 Å². The summed E-state index contributed by atoms with van der Waals surface area (Å²) in [5.74, 6) is 6.34. The molecule has 2 unspecified atom stereocenters. The summed E-state index contributed by atoms with van der Waals surface area (Å²) in [6.45, 7) is 15.8. The second-order valence-electron chi connectivity index (χ2n) is 7.40. The van der Waals surface area contributed by atoms with E-state index in [1.807, 2.05) is 13.0 Å². The third-order valence-electron chi connectivity index (χ3n) is 5.21. The molecule has 0 heterocycles. The zero-order valence-corrected chi connectivity index (χ0v) is 19.4. The Morgan fingerprint density at radius 2 is 1.77 bits per heavy atom. The summed E-state index contributed by atoms with van der Waals surface area (Å²) in [5, 5.41) is 11.5. The lowest BCUT2D eigenvalue weighted by atomic mass is 9.94. The number of hydrogen-bond acceptors (Lipinski definition) is 4. The number of aliphatic imine (C=N–C) groups is 1. The summed E-state index contributed by atoms with van der Waals surface area (Å²) < 4.78 is 12.2. The Morgan fingerprint density at radius 1 is 1.17 bits per heavy atom. The van der Waals surface area contributed by atoms with Crippen molar-refractivity contribution in [1.82, 2.24) is 5.01 Å². The molecular formula is C25H42FN3O. The second kappa shape index (κ2) is 16.8. The van der Waals surface area contributed by atoms with Gasteiger partial charge in [0.15, 0.2) is 0 Å². The highest BCUT2D eigenvalue weighted by molar-refractivity contribution is 5.32. The number of halogens is 1. The van der Waals surface area contributed by atoms with Crippen molar-refractivity contribution in [2.75, 3.05) is 6.61 Å². The van der Waals surface area contributed by atoms with Gasteiger partial charge in [-0.3, -0.25) is 4.99 Å². The molecule has 0 aliphatic carbocycles. The van der Waals surface area contributed by atoms with Gasteiger partial charge >= 0.3 is 0 Å². The van der Waals surface area contributed by atoms with Gasteiger partial charge in [-0.2, -0.15) is 0 Å². The Kier molecular flexibility index (Phi) is 15.7. The van der Waals surface area contributed by atoms with Crippen LogP contribution in [0.15, 0.2) is 53.3 Å². The summed E-state index contributed by atoms with van der Waals surface area (Å²) in [7, 11) is 0. The molecule has 170 valence electrons. The van der Waals surface area contributed by atoms with Gasteiger partial charge in [-0.05, 0) is 56.5 Å². The monoisotopic (exact) mass is 419 g/mol. The highest BCUT2D eigenvalue weighted by atomic mass is 19.1. The average molecular weight is 420 g/mol. The van der Waals surface area contributed by atoms with Crippen LogP contribution < -0.4 is 5.84 Å². The van der Waals surface area contributed by atoms with Crippen LogP contribution in [0.2, 0.25) is 0 Å². The van der Waals surface area contributed by atoms with Crippen LogP contribution in [0.3, 0.4) is 0 Å². The summed E-state index contributed by atoms with van der Waals surface area (Å²) in [6, 6.07) is 6.79. The SMILES string of the molecule is C=CCC(CCC)/C(N=C)=C(\CO)N(N)C(CC)CCC.CCc1ccc(F)cc1. The molecule has 0 fully saturated rings. The Morgan fingerprint density at radius 3 is 2.17 bits per heavy atom. The van der Waals surface area contributed by atoms with Crippen molar-refractivity contribution in [3.05, 3.63) is 59.7 Å². The number of benzene rings is 1. The van der Waals surface area contributed by atoms with Crippen LogP contribution >= 0.6 is 0 Å². The third kappa shape index (κ3) is 9.68. The second-order valence-corrected chi connectivity index (χ2v) is 7.40. The quantitative estimate of drug-likeness (QED) is 0.178. The first kappa shape index (κ1) is 28.0. The van der Waals surface area contributed by atoms with Crippen molar-refractivity contribution < 1.29 is 9.50 Å². The molecule has 0 bridgehead atoms. The van der Waals surface area contributed by atoms with Crippen molar-refractivity contribution in [3.8, 4) is 0 Å². The van der Waals surface area contributed by atoms with Crippen molar-refractivity contribution >= 4 is 6.72 Å². The number of hydrazine groups is 1. The number of aliphatic hydroxyl groups excluding tert-OH is 1. The lowest BCUT2D eigenvalue weighted by Gasteiger charge is -2.32. The summed E-state index contributed by atoms with van der Waals surface area (Å²) in [5.41, 5.74) is 2.69. The van der Waals surface area contributed by atoms with Crippen LogP contribution in [0.5, 0.6) is 0 Å². The number of hydrogen-bond donors (Lipinski definition) is 2. The fourth-order valence-corrected chi connectivity index (χ4v) is 3.48. The van der Waals surface area contributed by atoms with E-state index < -0.39 is 0 Å². The molecule has 0 radical (unpaired) electrons. The molecule has 1 rings (SSSR count). The molecule has 0 amide bonds. The standard InChI is InChI=1S/C17H33N3O.C8H9F/c1-6-10-14(11-7-2)17(19-5)16(13-21)20(18)15(9-4)12-8-3;1-2-7-3-5-8(9)6-4-7/h6,14-15,21H,1,5,7-13,18H2,2-4H3;3-6H,2H2,1H3/b17-16-;. The summed E-state index contributed by atoms with van der Waals surface area (Å²) in [4.78, 5) is 4.19. The largest absolute Gasteiger partial charge is 0.390 e. The van der Waals surface area contributed by atoms with E-state index in [9.17, 15) is 9.50 Å². The van der Waals surface area contributed by atoms with Crippen LogP contribution in [-0.2, 0) is 6.42 Å². The molecule has 0 spiro atoms. The lowest BCUT2D eigenvalue weighted by molar-refractivity contribution is 0.188. The van der Waals surface area contributed by atoms with Crippen molar-refractivity contribution in [2.45, 2.75) is 78.7 Å². The van der Waals surface area contributed by atoms with Crippen LogP contribution in [0, 0.1) is 11.7 Å². The summed E-state index contributed by atoms with van der Waals surface area (Å²) in [6.07, 6.45) is 8.73. The maximum Gasteiger partial charge on any atom is 0.123 e. The Bertz CT molecular complexity index is 628. The molecule has 0 aromatic heterocycles. The smallest absolute Gasteiger partial charge is 0.123 e. The number of aliphatic hydroxyl groups is 1. The minimum absolute atomic E-state index is 0.109. The van der Waals surface area contributed by atoms with E-state index in [0.717, 1.165) is 50.6 Å². The zero-order valence-electron chi connectivity index (χ0n) is 19.4. The molecule has 0 aliphatic rings. The van der Waals surface area contributed by atoms with Crippen LogP contribution in [0.25, 0.3) is 0 Å². The van der Waals surface area contributed by atoms with E-state index in [1.165, 1.54) is 17.7 Å². The Balaban J connectivity index is 0.000000769. The topological polar surface area (TPSA) is 61.9 Å². The maximum absolute atomic E-state index is 12.2. The number of allylic oxidation sites excluding steroid dienone is 2. The number of nitrogens with zero attached hydrogens (tertiary/aromatic N) is 2. The molecule has 1 aromatic carbocycles. The number of nitrogens with two attached hydrogens (primary N) is 1. The molecule has 0 saturated carbocycles. The van der Waals surface area contributed by atoms with Gasteiger partial charge in [-0.15, -0.1) is 6.58 Å². The fourth-order valence-electron chi connectivity index (χ4n) is 3.48. The zero-order chi connectivity index (χ0) is 22.9. The first-order valence-electron chi connectivity index (χ1n) is 11.1. The van der Waals surface area contributed by atoms with Crippen molar-refractivity contribution in [1.29, 1.82) is 0 Å². The molecule has 0 saturated heterocycles. The Labute approximate surface area is 183 Å². The normalized spacial score (nSPS) is 13.4. The van der Waals surface area contributed by atoms with Crippen LogP contribution in [0.1, 0.15) is 71.8 Å². The van der Waals surface area contributed by atoms with E-state index in [2.05, 4.69) is 39.1 Å². The fraction of sp³-hybridized carbons (Fsp3) is 0.560. The van der Waals surface area contributed by atoms with Gasteiger partial charge in [0.25, 0.3) is 0 Å². The molecule has 3 N–H and O–H groups in total. The number of aryl methyl sites for hydroxylation is 1. The van der Waals surface area contributed by atoms with E-state index in [1.54, 1.807) is 17.1 Å². The van der Waals surface area contributed by atoms with Gasteiger partial charge < -0.3 is 10.1 Å². The Hall–Kier alpha value is -1.98.